The van der Waals surface area contributed by atoms with E-state index in [0.717, 1.165) is 16.6 Å². The number of aromatic carboxylic acids is 1. The number of carbonyl (C=O) groups is 1. The van der Waals surface area contributed by atoms with Crippen molar-refractivity contribution in [1.29, 1.82) is 0 Å². The third-order valence-electron chi connectivity index (χ3n) is 5.74. The molecule has 0 fully saturated rings. The van der Waals surface area contributed by atoms with Crippen molar-refractivity contribution in [3.8, 4) is 0 Å². The molecule has 34 heavy (non-hydrogen) atoms. The van der Waals surface area contributed by atoms with Gasteiger partial charge < -0.3 is 9.53 Å². The van der Waals surface area contributed by atoms with E-state index in [2.05, 4.69) is 81.4 Å². The summed E-state index contributed by atoms with van der Waals surface area (Å²) < 4.78 is 8.87. The van der Waals surface area contributed by atoms with Gasteiger partial charge in [-0.2, -0.15) is 0 Å². The molecule has 2 heterocycles. The van der Waals surface area contributed by atoms with Gasteiger partial charge in [-0.05, 0) is 33.5 Å². The summed E-state index contributed by atoms with van der Waals surface area (Å²) in [6.45, 7) is 6.59. The van der Waals surface area contributed by atoms with Crippen molar-refractivity contribution in [2.75, 3.05) is 0 Å². The summed E-state index contributed by atoms with van der Waals surface area (Å²) in [5.41, 5.74) is 2.65. The zero-order chi connectivity index (χ0) is 23.9. The monoisotopic (exact) mass is 485 g/mol. The predicted molar refractivity (Wildman–Crippen MR) is 139 cm³/mol. The Kier molecular flexibility index (Phi) is 5.85. The molecule has 0 amide bonds. The Balaban J connectivity index is 1.57. The van der Waals surface area contributed by atoms with Crippen LogP contribution in [0, 0.1) is 5.41 Å². The first-order valence-electron chi connectivity index (χ1n) is 11.1. The standard InChI is InChI=1S/C27H25N2O3SSi/c1-27(2,3)24(32-34(19-10-6-4-7-11-19)20-12-8-5-9-13-20)18-14-15-22-21(16-18)28-26-29(22)17-23(33-26)25(30)31/h4-17,24H,1-3H3,(H,30,31). The maximum atomic E-state index is 11.4. The molecule has 0 bridgehead atoms. The quantitative estimate of drug-likeness (QED) is 0.338. The summed E-state index contributed by atoms with van der Waals surface area (Å²) in [6.07, 6.45) is 1.49. The van der Waals surface area contributed by atoms with Crippen LogP contribution >= 0.6 is 11.3 Å². The molecule has 5 rings (SSSR count). The van der Waals surface area contributed by atoms with Gasteiger partial charge in [-0.3, -0.25) is 4.40 Å². The van der Waals surface area contributed by atoms with Gasteiger partial charge in [0, 0.05) is 6.20 Å². The molecular formula is C27H25N2O3SSi. The highest BCUT2D eigenvalue weighted by molar-refractivity contribution is 7.18. The molecule has 1 atom stereocenters. The summed E-state index contributed by atoms with van der Waals surface area (Å²) in [5, 5.41) is 11.7. The molecule has 0 saturated heterocycles. The van der Waals surface area contributed by atoms with Crippen LogP contribution in [0.2, 0.25) is 0 Å². The van der Waals surface area contributed by atoms with Crippen LogP contribution in [0.25, 0.3) is 16.0 Å². The average Bonchev–Trinajstić information content (AvgIpc) is 3.38. The van der Waals surface area contributed by atoms with Gasteiger partial charge in [0.05, 0.1) is 17.1 Å². The third-order valence-corrected chi connectivity index (χ3v) is 8.89. The van der Waals surface area contributed by atoms with E-state index in [1.54, 1.807) is 6.20 Å². The highest BCUT2D eigenvalue weighted by Crippen LogP contribution is 2.38. The first kappa shape index (κ1) is 22.5. The zero-order valence-electron chi connectivity index (χ0n) is 19.2. The maximum absolute atomic E-state index is 11.4. The Hall–Kier alpha value is -3.26. The first-order chi connectivity index (χ1) is 16.3. The van der Waals surface area contributed by atoms with E-state index < -0.39 is 15.0 Å². The van der Waals surface area contributed by atoms with Crippen LogP contribution in [0.5, 0.6) is 0 Å². The lowest BCUT2D eigenvalue weighted by molar-refractivity contribution is 0.0702. The van der Waals surface area contributed by atoms with Gasteiger partial charge in [0.15, 0.2) is 4.96 Å². The van der Waals surface area contributed by atoms with Gasteiger partial charge in [0.25, 0.3) is 9.04 Å². The second kappa shape index (κ2) is 8.83. The molecule has 5 aromatic rings. The van der Waals surface area contributed by atoms with E-state index in [-0.39, 0.29) is 16.4 Å². The summed E-state index contributed by atoms with van der Waals surface area (Å²) >= 11 is 1.18. The molecule has 1 N–H and O–H groups in total. The van der Waals surface area contributed by atoms with Crippen LogP contribution in [-0.4, -0.2) is 29.5 Å². The van der Waals surface area contributed by atoms with Gasteiger partial charge in [0.2, 0.25) is 0 Å². The predicted octanol–water partition coefficient (Wildman–Crippen LogP) is 5.16. The molecule has 0 aliphatic heterocycles. The Morgan fingerprint density at radius 3 is 2.18 bits per heavy atom. The Labute approximate surface area is 204 Å². The summed E-state index contributed by atoms with van der Waals surface area (Å²) in [5.74, 6) is -0.932. The van der Waals surface area contributed by atoms with Gasteiger partial charge in [-0.1, -0.05) is 98.8 Å². The fourth-order valence-electron chi connectivity index (χ4n) is 4.14. The van der Waals surface area contributed by atoms with Crippen LogP contribution in [0.15, 0.2) is 85.1 Å². The fraction of sp³-hybridized carbons (Fsp3) is 0.185. The lowest BCUT2D eigenvalue weighted by Gasteiger charge is -2.34. The minimum absolute atomic E-state index is 0.152. The number of rotatable bonds is 6. The molecule has 3 aromatic carbocycles. The molecule has 7 heteroatoms. The number of hydrogen-bond donors (Lipinski definition) is 1. The van der Waals surface area contributed by atoms with Crippen LogP contribution in [0.3, 0.4) is 0 Å². The molecule has 1 radical (unpaired) electrons. The first-order valence-corrected chi connectivity index (χ1v) is 13.3. The largest absolute Gasteiger partial charge is 0.477 e. The van der Waals surface area contributed by atoms with Crippen molar-refractivity contribution in [2.45, 2.75) is 26.9 Å². The van der Waals surface area contributed by atoms with Crippen molar-refractivity contribution in [1.82, 2.24) is 9.38 Å². The third kappa shape index (κ3) is 4.30. The second-order valence-electron chi connectivity index (χ2n) is 9.34. The van der Waals surface area contributed by atoms with Gasteiger partial charge in [-0.25, -0.2) is 9.78 Å². The van der Waals surface area contributed by atoms with Crippen LogP contribution in [0.1, 0.15) is 42.1 Å². The van der Waals surface area contributed by atoms with Gasteiger partial charge in [0.1, 0.15) is 4.88 Å². The Morgan fingerprint density at radius 1 is 1.00 bits per heavy atom. The van der Waals surface area contributed by atoms with E-state index in [0.29, 0.717) is 4.96 Å². The summed E-state index contributed by atoms with van der Waals surface area (Å²) in [4.78, 5) is 17.0. The van der Waals surface area contributed by atoms with Crippen molar-refractivity contribution in [3.05, 3.63) is 95.5 Å². The van der Waals surface area contributed by atoms with Crippen LogP contribution in [0.4, 0.5) is 0 Å². The molecule has 171 valence electrons. The SMILES string of the molecule is CC(C)(C)C(O[Si](c1ccccc1)c1ccccc1)c1ccc2c(c1)nc1sc(C(=O)O)cn12. The number of nitrogens with zero attached hydrogens (tertiary/aromatic N) is 2. The molecule has 2 aromatic heterocycles. The lowest BCUT2D eigenvalue weighted by Crippen LogP contribution is -2.47. The molecular weight excluding hydrogens is 460 g/mol. The molecule has 0 aliphatic carbocycles. The number of thiazole rings is 1. The smallest absolute Gasteiger partial charge is 0.347 e. The van der Waals surface area contributed by atoms with E-state index in [4.69, 9.17) is 9.41 Å². The Bertz CT molecular complexity index is 1420. The Morgan fingerprint density at radius 2 is 1.62 bits per heavy atom. The molecule has 5 nitrogen and oxygen atoms in total. The highest BCUT2D eigenvalue weighted by Gasteiger charge is 2.33. The normalized spacial score (nSPS) is 13.1. The van der Waals surface area contributed by atoms with Crippen LogP contribution < -0.4 is 10.4 Å². The summed E-state index contributed by atoms with van der Waals surface area (Å²) in [6, 6.07) is 27.1. The minimum atomic E-state index is -1.50. The zero-order valence-corrected chi connectivity index (χ0v) is 21.0. The van der Waals surface area contributed by atoms with Crippen molar-refractivity contribution in [2.24, 2.45) is 5.41 Å². The van der Waals surface area contributed by atoms with Gasteiger partial charge >= 0.3 is 5.97 Å². The number of carboxylic acid groups (broad SMARTS) is 1. The topological polar surface area (TPSA) is 63.8 Å². The van der Waals surface area contributed by atoms with Crippen molar-refractivity contribution >= 4 is 52.7 Å². The average molecular weight is 486 g/mol. The number of carboxylic acids is 1. The number of fused-ring (bicyclic) bond motifs is 3. The molecule has 0 saturated carbocycles. The number of aromatic nitrogens is 2. The number of imidazole rings is 1. The molecule has 0 aliphatic rings. The highest BCUT2D eigenvalue weighted by atomic mass is 32.1. The van der Waals surface area contributed by atoms with Crippen LogP contribution in [-0.2, 0) is 4.43 Å². The van der Waals surface area contributed by atoms with E-state index >= 15 is 0 Å². The van der Waals surface area contributed by atoms with Gasteiger partial charge in [-0.15, -0.1) is 0 Å². The van der Waals surface area contributed by atoms with E-state index in [9.17, 15) is 9.90 Å². The summed E-state index contributed by atoms with van der Waals surface area (Å²) in [7, 11) is -1.50. The lowest BCUT2D eigenvalue weighted by atomic mass is 9.85. The van der Waals surface area contributed by atoms with E-state index in [1.807, 2.05) is 22.6 Å². The second-order valence-corrected chi connectivity index (χ2v) is 12.4. The van der Waals surface area contributed by atoms with E-state index in [1.165, 1.54) is 21.7 Å². The van der Waals surface area contributed by atoms with Crippen molar-refractivity contribution < 1.29 is 14.3 Å². The minimum Gasteiger partial charge on any atom is -0.477 e. The number of hydrogen-bond acceptors (Lipinski definition) is 4. The number of benzene rings is 3. The van der Waals surface area contributed by atoms with Crippen molar-refractivity contribution in [3.63, 3.8) is 0 Å². The fourth-order valence-corrected chi connectivity index (χ4v) is 7.30. The molecule has 0 spiro atoms. The maximum Gasteiger partial charge on any atom is 0.347 e. The molecule has 1 unspecified atom stereocenters.